The van der Waals surface area contributed by atoms with Crippen LogP contribution in [0, 0.1) is 0 Å². The summed E-state index contributed by atoms with van der Waals surface area (Å²) in [4.78, 5) is 11.5. The lowest BCUT2D eigenvalue weighted by Gasteiger charge is -2.15. The molecule has 1 atom stereocenters. The zero-order valence-corrected chi connectivity index (χ0v) is 14.0. The predicted octanol–water partition coefficient (Wildman–Crippen LogP) is 2.25. The first-order valence-electron chi connectivity index (χ1n) is 6.36. The minimum absolute atomic E-state index is 0.0233. The molecule has 1 rings (SSSR count). The number of carbonyl (C=O) groups is 1. The fraction of sp³-hybridized carbons (Fsp3) is 0.545. The summed E-state index contributed by atoms with van der Waals surface area (Å²) in [6, 6.07) is -0.155. The lowest BCUT2D eigenvalue weighted by Crippen LogP contribution is -2.43. The molecule has 0 aliphatic heterocycles. The largest absolute Gasteiger partial charge is 0.511 e. The van der Waals surface area contributed by atoms with Crippen molar-refractivity contribution in [2.24, 2.45) is 0 Å². The standard InChI is InChI=1S/C11H12F6N2O4S2/c1-6(19-25(21,22)11(15,16)17)3-23-8-2-7(4-24-8)9(20)18-5-10(12,13)14/h2,4,6,19H,3,5H2,1H3,(H,18,20)/t6-/m0/s1. The van der Waals surface area contributed by atoms with Crippen LogP contribution in [0.4, 0.5) is 26.3 Å². The van der Waals surface area contributed by atoms with Gasteiger partial charge in [-0.2, -0.15) is 26.3 Å². The first-order valence-corrected chi connectivity index (χ1v) is 8.72. The van der Waals surface area contributed by atoms with Gasteiger partial charge in [-0.25, -0.2) is 13.1 Å². The summed E-state index contributed by atoms with van der Waals surface area (Å²) in [6.07, 6.45) is -4.57. The van der Waals surface area contributed by atoms with E-state index < -0.39 is 46.8 Å². The van der Waals surface area contributed by atoms with Crippen LogP contribution in [0.3, 0.4) is 0 Å². The van der Waals surface area contributed by atoms with Crippen LogP contribution in [0.25, 0.3) is 0 Å². The van der Waals surface area contributed by atoms with Crippen molar-refractivity contribution in [3.05, 3.63) is 17.0 Å². The summed E-state index contributed by atoms with van der Waals surface area (Å²) in [7, 11) is -5.53. The number of ether oxygens (including phenoxy) is 1. The average Bonchev–Trinajstić information content (AvgIpc) is 2.89. The number of hydrogen-bond acceptors (Lipinski definition) is 5. The summed E-state index contributed by atoms with van der Waals surface area (Å²) < 4.78 is 101. The minimum atomic E-state index is -5.53. The van der Waals surface area contributed by atoms with Crippen molar-refractivity contribution < 1.29 is 44.3 Å². The molecule has 0 unspecified atom stereocenters. The lowest BCUT2D eigenvalue weighted by atomic mass is 10.3. The first-order chi connectivity index (χ1) is 11.2. The number of hydrogen-bond donors (Lipinski definition) is 2. The van der Waals surface area contributed by atoms with Crippen molar-refractivity contribution in [1.82, 2.24) is 10.0 Å². The third-order valence-corrected chi connectivity index (χ3v) is 4.59. The van der Waals surface area contributed by atoms with Gasteiger partial charge in [0.25, 0.3) is 5.91 Å². The SMILES string of the molecule is C[C@@H](COc1cc(C(=O)NCC(F)(F)F)cs1)NS(=O)(=O)C(F)(F)F. The van der Waals surface area contributed by atoms with Crippen LogP contribution in [0.2, 0.25) is 0 Å². The Morgan fingerprint density at radius 2 is 1.88 bits per heavy atom. The van der Waals surface area contributed by atoms with Crippen molar-refractivity contribution in [1.29, 1.82) is 0 Å². The number of carbonyl (C=O) groups excluding carboxylic acids is 1. The summed E-state index contributed by atoms with van der Waals surface area (Å²) >= 11 is 0.813. The lowest BCUT2D eigenvalue weighted by molar-refractivity contribution is -0.123. The number of rotatable bonds is 7. The Balaban J connectivity index is 2.55. The molecule has 0 aromatic carbocycles. The fourth-order valence-corrected chi connectivity index (χ4v) is 2.85. The van der Waals surface area contributed by atoms with E-state index in [2.05, 4.69) is 0 Å². The second-order valence-electron chi connectivity index (χ2n) is 4.73. The van der Waals surface area contributed by atoms with Gasteiger partial charge in [-0.1, -0.05) is 0 Å². The first kappa shape index (κ1) is 21.5. The van der Waals surface area contributed by atoms with E-state index in [1.165, 1.54) is 10.1 Å². The van der Waals surface area contributed by atoms with E-state index in [9.17, 15) is 39.6 Å². The summed E-state index contributed by atoms with van der Waals surface area (Å²) in [5.74, 6) is -1.01. The maximum Gasteiger partial charge on any atom is 0.511 e. The number of nitrogens with one attached hydrogen (secondary N) is 2. The molecular weight excluding hydrogens is 402 g/mol. The third kappa shape index (κ3) is 7.07. The normalized spacial score (nSPS) is 14.2. The topological polar surface area (TPSA) is 84.5 Å². The maximum atomic E-state index is 12.2. The van der Waals surface area contributed by atoms with E-state index in [-0.39, 0.29) is 10.6 Å². The zero-order valence-electron chi connectivity index (χ0n) is 12.4. The van der Waals surface area contributed by atoms with Gasteiger partial charge in [0.05, 0.1) is 11.6 Å². The molecule has 0 aliphatic carbocycles. The molecule has 0 bridgehead atoms. The number of alkyl halides is 6. The maximum absolute atomic E-state index is 12.2. The Morgan fingerprint density at radius 3 is 2.40 bits per heavy atom. The Labute approximate surface area is 142 Å². The molecule has 0 spiro atoms. The number of sulfonamides is 1. The third-order valence-electron chi connectivity index (χ3n) is 2.42. The van der Waals surface area contributed by atoms with Gasteiger partial charge in [0, 0.05) is 11.4 Å². The van der Waals surface area contributed by atoms with Crippen LogP contribution in [-0.2, 0) is 10.0 Å². The van der Waals surface area contributed by atoms with Crippen molar-refractivity contribution in [2.45, 2.75) is 24.7 Å². The average molecular weight is 414 g/mol. The molecule has 0 fully saturated rings. The van der Waals surface area contributed by atoms with Gasteiger partial charge in [0.15, 0.2) is 5.06 Å². The highest BCUT2D eigenvalue weighted by Gasteiger charge is 2.46. The molecule has 25 heavy (non-hydrogen) atoms. The quantitative estimate of drug-likeness (QED) is 0.671. The number of halogens is 6. The molecule has 1 heterocycles. The molecule has 144 valence electrons. The summed E-state index contributed by atoms with van der Waals surface area (Å²) in [5, 5.41) is 2.84. The Bertz CT molecular complexity index is 698. The van der Waals surface area contributed by atoms with Crippen LogP contribution in [-0.4, -0.2) is 45.2 Å². The molecule has 2 N–H and O–H groups in total. The van der Waals surface area contributed by atoms with Crippen LogP contribution < -0.4 is 14.8 Å². The zero-order chi connectivity index (χ0) is 19.5. The van der Waals surface area contributed by atoms with Crippen LogP contribution in [0.5, 0.6) is 5.06 Å². The second kappa shape index (κ2) is 7.78. The van der Waals surface area contributed by atoms with Gasteiger partial charge in [0.1, 0.15) is 13.2 Å². The van der Waals surface area contributed by atoms with E-state index in [0.717, 1.165) is 24.3 Å². The molecule has 1 aromatic heterocycles. The van der Waals surface area contributed by atoms with Crippen molar-refractivity contribution in [2.75, 3.05) is 13.2 Å². The summed E-state index contributed by atoms with van der Waals surface area (Å²) in [5.41, 5.74) is -5.60. The fourth-order valence-electron chi connectivity index (χ4n) is 1.37. The smallest absolute Gasteiger partial charge is 0.482 e. The van der Waals surface area contributed by atoms with Crippen molar-refractivity contribution in [3.8, 4) is 5.06 Å². The Kier molecular flexibility index (Phi) is 6.69. The van der Waals surface area contributed by atoms with Crippen LogP contribution >= 0.6 is 11.3 Å². The molecule has 0 radical (unpaired) electrons. The predicted molar refractivity (Wildman–Crippen MR) is 75.8 cm³/mol. The molecule has 0 saturated heterocycles. The van der Waals surface area contributed by atoms with Gasteiger partial charge in [-0.05, 0) is 6.92 Å². The van der Waals surface area contributed by atoms with E-state index in [4.69, 9.17) is 4.74 Å². The van der Waals surface area contributed by atoms with Crippen molar-refractivity contribution >= 4 is 27.3 Å². The van der Waals surface area contributed by atoms with E-state index in [0.29, 0.717) is 0 Å². The molecule has 0 saturated carbocycles. The highest BCUT2D eigenvalue weighted by molar-refractivity contribution is 7.90. The highest BCUT2D eigenvalue weighted by atomic mass is 32.2. The van der Waals surface area contributed by atoms with Gasteiger partial charge in [-0.3, -0.25) is 4.79 Å². The van der Waals surface area contributed by atoms with E-state index >= 15 is 0 Å². The molecule has 1 aromatic rings. The molecule has 0 aliphatic rings. The Hall–Kier alpha value is -1.54. The van der Waals surface area contributed by atoms with Crippen LogP contribution in [0.15, 0.2) is 11.4 Å². The van der Waals surface area contributed by atoms with Gasteiger partial charge >= 0.3 is 21.7 Å². The van der Waals surface area contributed by atoms with Gasteiger partial charge in [-0.15, -0.1) is 11.3 Å². The highest BCUT2D eigenvalue weighted by Crippen LogP contribution is 2.24. The minimum Gasteiger partial charge on any atom is -0.482 e. The van der Waals surface area contributed by atoms with Crippen molar-refractivity contribution in [3.63, 3.8) is 0 Å². The van der Waals surface area contributed by atoms with E-state index in [1.54, 1.807) is 5.32 Å². The Morgan fingerprint density at radius 1 is 1.28 bits per heavy atom. The monoisotopic (exact) mass is 414 g/mol. The second-order valence-corrected chi connectivity index (χ2v) is 7.31. The van der Waals surface area contributed by atoms with E-state index in [1.807, 2.05) is 0 Å². The number of thiophene rings is 1. The molecular formula is C11H12F6N2O4S2. The molecule has 14 heteroatoms. The molecule has 6 nitrogen and oxygen atoms in total. The summed E-state index contributed by atoms with van der Waals surface area (Å²) in [6.45, 7) is -0.887. The van der Waals surface area contributed by atoms with Gasteiger partial charge < -0.3 is 10.1 Å². The molecule has 1 amide bonds. The van der Waals surface area contributed by atoms with Gasteiger partial charge in [0.2, 0.25) is 0 Å². The number of amides is 1. The van der Waals surface area contributed by atoms with Crippen LogP contribution in [0.1, 0.15) is 17.3 Å².